The highest BCUT2D eigenvalue weighted by Gasteiger charge is 2.21. The third-order valence-corrected chi connectivity index (χ3v) is 3.36. The second kappa shape index (κ2) is 5.78. The summed E-state index contributed by atoms with van der Waals surface area (Å²) in [7, 11) is 1.66. The zero-order chi connectivity index (χ0) is 13.8. The maximum Gasteiger partial charge on any atom is 0.216 e. The molecule has 1 aliphatic heterocycles. The SMILES string of the molecule is COc1ccc(C2=NC[C@@H](Cc3ccccc3)O2)cc1. The Hall–Kier alpha value is -2.29. The minimum absolute atomic E-state index is 0.134. The highest BCUT2D eigenvalue weighted by atomic mass is 16.5. The normalized spacial score (nSPS) is 17.4. The molecule has 0 saturated heterocycles. The van der Waals surface area contributed by atoms with Crippen molar-refractivity contribution in [3.05, 3.63) is 65.7 Å². The van der Waals surface area contributed by atoms with Crippen LogP contribution < -0.4 is 4.74 Å². The number of ether oxygens (including phenoxy) is 2. The number of hydrogen-bond donors (Lipinski definition) is 0. The first kappa shape index (κ1) is 12.7. The molecule has 0 aliphatic carbocycles. The van der Waals surface area contributed by atoms with Crippen LogP contribution >= 0.6 is 0 Å². The number of nitrogens with zero attached hydrogens (tertiary/aromatic N) is 1. The number of aliphatic imine (C=N–C) groups is 1. The van der Waals surface area contributed by atoms with Gasteiger partial charge in [0.2, 0.25) is 5.90 Å². The van der Waals surface area contributed by atoms with E-state index in [1.54, 1.807) is 7.11 Å². The topological polar surface area (TPSA) is 30.8 Å². The van der Waals surface area contributed by atoms with Gasteiger partial charge in [0.25, 0.3) is 0 Å². The minimum Gasteiger partial charge on any atom is -0.497 e. The van der Waals surface area contributed by atoms with Crippen LogP contribution in [-0.2, 0) is 11.2 Å². The molecule has 0 radical (unpaired) electrons. The van der Waals surface area contributed by atoms with Gasteiger partial charge in [-0.2, -0.15) is 0 Å². The van der Waals surface area contributed by atoms with Gasteiger partial charge in [-0.1, -0.05) is 30.3 Å². The number of hydrogen-bond acceptors (Lipinski definition) is 3. The van der Waals surface area contributed by atoms with Crippen LogP contribution in [0.2, 0.25) is 0 Å². The maximum atomic E-state index is 5.93. The first-order valence-corrected chi connectivity index (χ1v) is 6.74. The molecule has 0 aromatic heterocycles. The molecule has 0 N–H and O–H groups in total. The summed E-state index contributed by atoms with van der Waals surface area (Å²) in [5.41, 5.74) is 2.28. The lowest BCUT2D eigenvalue weighted by Crippen LogP contribution is -2.16. The van der Waals surface area contributed by atoms with Crippen LogP contribution in [0.25, 0.3) is 0 Å². The predicted octanol–water partition coefficient (Wildman–Crippen LogP) is 3.08. The molecule has 1 aliphatic rings. The molecule has 0 fully saturated rings. The molecule has 2 aromatic rings. The van der Waals surface area contributed by atoms with Gasteiger partial charge in [0.15, 0.2) is 0 Å². The Morgan fingerprint density at radius 2 is 1.85 bits per heavy atom. The number of methoxy groups -OCH3 is 1. The van der Waals surface area contributed by atoms with Crippen LogP contribution in [-0.4, -0.2) is 25.7 Å². The molecule has 1 heterocycles. The molecule has 3 nitrogen and oxygen atoms in total. The lowest BCUT2D eigenvalue weighted by atomic mass is 10.1. The summed E-state index contributed by atoms with van der Waals surface area (Å²) in [4.78, 5) is 4.49. The van der Waals surface area contributed by atoms with Crippen molar-refractivity contribution in [1.29, 1.82) is 0 Å². The molecule has 1 atom stereocenters. The predicted molar refractivity (Wildman–Crippen MR) is 79.4 cm³/mol. The van der Waals surface area contributed by atoms with Gasteiger partial charge in [0.05, 0.1) is 13.7 Å². The van der Waals surface area contributed by atoms with E-state index in [1.807, 2.05) is 30.3 Å². The highest BCUT2D eigenvalue weighted by Crippen LogP contribution is 2.18. The zero-order valence-electron chi connectivity index (χ0n) is 11.5. The maximum absolute atomic E-state index is 5.93. The Labute approximate surface area is 118 Å². The lowest BCUT2D eigenvalue weighted by Gasteiger charge is -2.11. The van der Waals surface area contributed by atoms with Gasteiger partial charge in [-0.3, -0.25) is 0 Å². The Morgan fingerprint density at radius 1 is 1.10 bits per heavy atom. The van der Waals surface area contributed by atoms with Gasteiger partial charge in [-0.15, -0.1) is 0 Å². The van der Waals surface area contributed by atoms with E-state index in [4.69, 9.17) is 9.47 Å². The molecule has 102 valence electrons. The average Bonchev–Trinajstić information content (AvgIpc) is 2.97. The summed E-state index contributed by atoms with van der Waals surface area (Å²) in [5, 5.41) is 0. The van der Waals surface area contributed by atoms with E-state index in [-0.39, 0.29) is 6.10 Å². The monoisotopic (exact) mass is 267 g/mol. The Morgan fingerprint density at radius 3 is 2.55 bits per heavy atom. The Kier molecular flexibility index (Phi) is 3.68. The fraction of sp³-hybridized carbons (Fsp3) is 0.235. The van der Waals surface area contributed by atoms with Crippen LogP contribution in [0.1, 0.15) is 11.1 Å². The summed E-state index contributed by atoms with van der Waals surface area (Å²) in [6.07, 6.45) is 1.03. The summed E-state index contributed by atoms with van der Waals surface area (Å²) in [5.74, 6) is 1.57. The molecule has 2 aromatic carbocycles. The van der Waals surface area contributed by atoms with Crippen molar-refractivity contribution in [2.75, 3.05) is 13.7 Å². The van der Waals surface area contributed by atoms with Crippen molar-refractivity contribution in [2.45, 2.75) is 12.5 Å². The summed E-state index contributed by atoms with van der Waals surface area (Å²) in [6.45, 7) is 0.719. The molecule has 3 rings (SSSR count). The van der Waals surface area contributed by atoms with Crippen molar-refractivity contribution in [3.63, 3.8) is 0 Å². The van der Waals surface area contributed by atoms with Crippen molar-refractivity contribution in [3.8, 4) is 5.75 Å². The second-order valence-corrected chi connectivity index (χ2v) is 4.80. The first-order valence-electron chi connectivity index (χ1n) is 6.74. The second-order valence-electron chi connectivity index (χ2n) is 4.80. The summed E-state index contributed by atoms with van der Waals surface area (Å²) >= 11 is 0. The van der Waals surface area contributed by atoms with E-state index in [1.165, 1.54) is 5.56 Å². The van der Waals surface area contributed by atoms with Gasteiger partial charge in [0.1, 0.15) is 11.9 Å². The van der Waals surface area contributed by atoms with Crippen molar-refractivity contribution < 1.29 is 9.47 Å². The smallest absolute Gasteiger partial charge is 0.216 e. The molecular formula is C17H17NO2. The van der Waals surface area contributed by atoms with Crippen molar-refractivity contribution >= 4 is 5.90 Å². The minimum atomic E-state index is 0.134. The van der Waals surface area contributed by atoms with Gasteiger partial charge < -0.3 is 9.47 Å². The van der Waals surface area contributed by atoms with E-state index in [0.29, 0.717) is 0 Å². The lowest BCUT2D eigenvalue weighted by molar-refractivity contribution is 0.225. The average molecular weight is 267 g/mol. The van der Waals surface area contributed by atoms with E-state index in [9.17, 15) is 0 Å². The Balaban J connectivity index is 1.63. The number of rotatable bonds is 4. The van der Waals surface area contributed by atoms with Crippen molar-refractivity contribution in [1.82, 2.24) is 0 Å². The molecule has 0 amide bonds. The molecule has 0 saturated carbocycles. The van der Waals surface area contributed by atoms with Crippen LogP contribution in [0.15, 0.2) is 59.6 Å². The van der Waals surface area contributed by atoms with E-state index >= 15 is 0 Å². The summed E-state index contributed by atoms with van der Waals surface area (Å²) in [6, 6.07) is 18.2. The quantitative estimate of drug-likeness (QED) is 0.852. The fourth-order valence-electron chi connectivity index (χ4n) is 2.29. The van der Waals surface area contributed by atoms with Crippen molar-refractivity contribution in [2.24, 2.45) is 4.99 Å². The van der Waals surface area contributed by atoms with Crippen LogP contribution in [0.5, 0.6) is 5.75 Å². The molecule has 3 heteroatoms. The van der Waals surface area contributed by atoms with Crippen LogP contribution in [0, 0.1) is 0 Å². The Bertz CT molecular complexity index is 590. The van der Waals surface area contributed by atoms with Crippen LogP contribution in [0.3, 0.4) is 0 Å². The van der Waals surface area contributed by atoms with E-state index in [0.717, 1.165) is 30.2 Å². The molecule has 0 bridgehead atoms. The van der Waals surface area contributed by atoms with Gasteiger partial charge in [-0.25, -0.2) is 4.99 Å². The molecule has 0 unspecified atom stereocenters. The molecule has 20 heavy (non-hydrogen) atoms. The van der Waals surface area contributed by atoms with E-state index < -0.39 is 0 Å². The molecule has 0 spiro atoms. The zero-order valence-corrected chi connectivity index (χ0v) is 11.5. The van der Waals surface area contributed by atoms with Gasteiger partial charge in [-0.05, 0) is 29.8 Å². The number of benzene rings is 2. The van der Waals surface area contributed by atoms with Crippen LogP contribution in [0.4, 0.5) is 0 Å². The third kappa shape index (κ3) is 2.82. The molecular weight excluding hydrogens is 250 g/mol. The highest BCUT2D eigenvalue weighted by molar-refractivity contribution is 5.95. The summed E-state index contributed by atoms with van der Waals surface area (Å²) < 4.78 is 11.1. The van der Waals surface area contributed by atoms with Gasteiger partial charge >= 0.3 is 0 Å². The third-order valence-electron chi connectivity index (χ3n) is 3.36. The standard InChI is InChI=1S/C17H17NO2/c1-19-15-9-7-14(8-10-15)17-18-12-16(20-17)11-13-5-3-2-4-6-13/h2-10,16H,11-12H2,1H3/t16-/m1/s1. The van der Waals surface area contributed by atoms with Gasteiger partial charge in [0, 0.05) is 12.0 Å². The van der Waals surface area contributed by atoms with E-state index in [2.05, 4.69) is 29.3 Å². The largest absolute Gasteiger partial charge is 0.497 e. The first-order chi connectivity index (χ1) is 9.85. The fourth-order valence-corrected chi connectivity index (χ4v) is 2.29.